The Morgan fingerprint density at radius 3 is 2.63 bits per heavy atom. The molecule has 2 N–H and O–H groups in total. The zero-order valence-electron chi connectivity index (χ0n) is 14.3. The van der Waals surface area contributed by atoms with E-state index in [0.717, 1.165) is 37.3 Å². The van der Waals surface area contributed by atoms with E-state index < -0.39 is 11.7 Å². The van der Waals surface area contributed by atoms with Crippen molar-refractivity contribution in [3.8, 4) is 0 Å². The molecule has 1 fully saturated rings. The maximum atomic E-state index is 12.7. The number of aliphatic hydroxyl groups is 1. The topological polar surface area (TPSA) is 65.7 Å². The summed E-state index contributed by atoms with van der Waals surface area (Å²) in [6, 6.07) is 10.4. The molecular weight excluding hydrogens is 359 g/mol. The lowest BCUT2D eigenvalue weighted by atomic mass is 10.2. The Balaban J connectivity index is 1.61. The monoisotopic (exact) mass is 377 g/mol. The van der Waals surface area contributed by atoms with Crippen LogP contribution < -0.4 is 10.2 Å². The molecule has 3 heterocycles. The lowest BCUT2D eigenvalue weighted by Gasteiger charge is -2.25. The summed E-state index contributed by atoms with van der Waals surface area (Å²) in [5.74, 6) is 1.12. The lowest BCUT2D eigenvalue weighted by molar-refractivity contribution is -0.137. The van der Waals surface area contributed by atoms with Crippen molar-refractivity contribution in [1.29, 1.82) is 0 Å². The van der Waals surface area contributed by atoms with Gasteiger partial charge >= 0.3 is 6.18 Å². The van der Waals surface area contributed by atoms with Crippen LogP contribution in [-0.4, -0.2) is 38.9 Å². The van der Waals surface area contributed by atoms with E-state index in [0.29, 0.717) is 17.3 Å². The van der Waals surface area contributed by atoms with E-state index >= 15 is 0 Å². The molecule has 6 nitrogen and oxygen atoms in total. The minimum atomic E-state index is -4.37. The Kier molecular flexibility index (Phi) is 4.39. The van der Waals surface area contributed by atoms with Crippen molar-refractivity contribution in [3.63, 3.8) is 0 Å². The maximum absolute atomic E-state index is 12.7. The van der Waals surface area contributed by atoms with Gasteiger partial charge in [0, 0.05) is 12.2 Å². The third-order valence-corrected chi connectivity index (χ3v) is 4.69. The molecular formula is C18H18F3N5O. The number of rotatable bonds is 4. The maximum Gasteiger partial charge on any atom is 0.416 e. The number of hydrogen-bond acceptors (Lipinski definition) is 5. The van der Waals surface area contributed by atoms with Crippen LogP contribution in [0, 0.1) is 0 Å². The van der Waals surface area contributed by atoms with Crippen LogP contribution in [0.4, 0.5) is 30.6 Å². The van der Waals surface area contributed by atoms with Crippen molar-refractivity contribution in [2.75, 3.05) is 23.4 Å². The van der Waals surface area contributed by atoms with Crippen LogP contribution in [0.2, 0.25) is 0 Å². The minimum absolute atomic E-state index is 0.0473. The Morgan fingerprint density at radius 2 is 1.93 bits per heavy atom. The van der Waals surface area contributed by atoms with Gasteiger partial charge in [0.25, 0.3) is 0 Å². The fraction of sp³-hybridized carbons (Fsp3) is 0.333. The molecule has 142 valence electrons. The first-order valence-electron chi connectivity index (χ1n) is 8.63. The molecule has 0 unspecified atom stereocenters. The number of aliphatic hydroxyl groups excluding tert-OH is 1. The second kappa shape index (κ2) is 6.73. The molecule has 0 spiro atoms. The number of benzene rings is 1. The number of anilines is 3. The molecule has 4 rings (SSSR count). The van der Waals surface area contributed by atoms with Gasteiger partial charge in [-0.2, -0.15) is 22.7 Å². The first-order chi connectivity index (χ1) is 13.0. The summed E-state index contributed by atoms with van der Waals surface area (Å²) in [6.07, 6.45) is -2.46. The van der Waals surface area contributed by atoms with Gasteiger partial charge in [-0.15, -0.1) is 5.10 Å². The van der Waals surface area contributed by atoms with Gasteiger partial charge in [-0.1, -0.05) is 6.07 Å². The number of nitrogens with one attached hydrogen (secondary N) is 1. The summed E-state index contributed by atoms with van der Waals surface area (Å²) in [5, 5.41) is 16.9. The largest absolute Gasteiger partial charge is 0.416 e. The normalized spacial score (nSPS) is 17.6. The number of pyridine rings is 1. The molecule has 2 aromatic heterocycles. The summed E-state index contributed by atoms with van der Waals surface area (Å²) in [4.78, 5) is 6.49. The molecule has 3 aromatic rings. The molecule has 1 aliphatic heterocycles. The second-order valence-corrected chi connectivity index (χ2v) is 6.46. The van der Waals surface area contributed by atoms with Crippen molar-refractivity contribution >= 4 is 23.1 Å². The average molecular weight is 377 g/mol. The third kappa shape index (κ3) is 3.42. The van der Waals surface area contributed by atoms with Crippen molar-refractivity contribution < 1.29 is 18.3 Å². The zero-order chi connectivity index (χ0) is 19.0. The molecule has 0 radical (unpaired) electrons. The Hall–Kier alpha value is -2.81. The first-order valence-corrected chi connectivity index (χ1v) is 8.63. The lowest BCUT2D eigenvalue weighted by Crippen LogP contribution is -2.33. The second-order valence-electron chi connectivity index (χ2n) is 6.46. The fourth-order valence-corrected chi connectivity index (χ4v) is 3.36. The molecule has 1 aliphatic rings. The van der Waals surface area contributed by atoms with E-state index in [2.05, 4.69) is 20.3 Å². The van der Waals surface area contributed by atoms with E-state index in [1.54, 1.807) is 10.6 Å². The number of fused-ring (bicyclic) bond motifs is 1. The summed E-state index contributed by atoms with van der Waals surface area (Å²) in [6.45, 7) is 0.896. The number of alkyl halides is 3. The highest BCUT2D eigenvalue weighted by Crippen LogP contribution is 2.30. The summed E-state index contributed by atoms with van der Waals surface area (Å²) in [5.41, 5.74) is 0.378. The standard InChI is InChI=1S/C18H18F3N5O/c19-18(20,21)12-6-8-13(9-7-12)22-17-23-15-4-1-5-16(26(15)24-17)25-10-2-3-14(25)11-27/h1,4-9,14,27H,2-3,10-11H2,(H,22,24)/t14-/m1/s1. The van der Waals surface area contributed by atoms with Crippen molar-refractivity contribution in [3.05, 3.63) is 48.0 Å². The molecule has 0 saturated carbocycles. The summed E-state index contributed by atoms with van der Waals surface area (Å²) < 4.78 is 39.7. The number of hydrogen-bond donors (Lipinski definition) is 2. The molecule has 0 aliphatic carbocycles. The molecule has 27 heavy (non-hydrogen) atoms. The van der Waals surface area contributed by atoms with Gasteiger partial charge in [0.15, 0.2) is 5.65 Å². The van der Waals surface area contributed by atoms with Gasteiger partial charge in [-0.25, -0.2) is 0 Å². The van der Waals surface area contributed by atoms with Crippen LogP contribution in [0.1, 0.15) is 18.4 Å². The number of nitrogens with zero attached hydrogens (tertiary/aromatic N) is 4. The van der Waals surface area contributed by atoms with Crippen LogP contribution in [-0.2, 0) is 6.18 Å². The van der Waals surface area contributed by atoms with Crippen LogP contribution in [0.3, 0.4) is 0 Å². The molecule has 0 bridgehead atoms. The van der Waals surface area contributed by atoms with E-state index in [1.807, 2.05) is 12.1 Å². The predicted octanol–water partition coefficient (Wildman–Crippen LogP) is 3.45. The Bertz CT molecular complexity index is 938. The van der Waals surface area contributed by atoms with Gasteiger partial charge in [0.05, 0.1) is 18.2 Å². The van der Waals surface area contributed by atoms with E-state index in [1.165, 1.54) is 12.1 Å². The smallest absolute Gasteiger partial charge is 0.394 e. The van der Waals surface area contributed by atoms with Crippen molar-refractivity contribution in [2.45, 2.75) is 25.1 Å². The van der Waals surface area contributed by atoms with Gasteiger partial charge in [0.2, 0.25) is 5.95 Å². The fourth-order valence-electron chi connectivity index (χ4n) is 3.36. The minimum Gasteiger partial charge on any atom is -0.394 e. The molecule has 9 heteroatoms. The van der Waals surface area contributed by atoms with Crippen LogP contribution in [0.25, 0.3) is 5.65 Å². The van der Waals surface area contributed by atoms with E-state index in [9.17, 15) is 18.3 Å². The Morgan fingerprint density at radius 1 is 1.15 bits per heavy atom. The highest BCUT2D eigenvalue weighted by atomic mass is 19.4. The molecule has 1 aromatic carbocycles. The van der Waals surface area contributed by atoms with Crippen LogP contribution in [0.15, 0.2) is 42.5 Å². The van der Waals surface area contributed by atoms with Gasteiger partial charge in [-0.05, 0) is 49.2 Å². The van der Waals surface area contributed by atoms with Gasteiger partial charge in [0.1, 0.15) is 5.82 Å². The third-order valence-electron chi connectivity index (χ3n) is 4.69. The zero-order valence-corrected chi connectivity index (χ0v) is 14.3. The van der Waals surface area contributed by atoms with Crippen molar-refractivity contribution in [1.82, 2.24) is 14.6 Å². The summed E-state index contributed by atoms with van der Waals surface area (Å²) >= 11 is 0. The average Bonchev–Trinajstić information content (AvgIpc) is 3.27. The quantitative estimate of drug-likeness (QED) is 0.729. The number of halogens is 3. The predicted molar refractivity (Wildman–Crippen MR) is 95.2 cm³/mol. The highest BCUT2D eigenvalue weighted by molar-refractivity contribution is 5.59. The molecule has 1 saturated heterocycles. The summed E-state index contributed by atoms with van der Waals surface area (Å²) in [7, 11) is 0. The van der Waals surface area contributed by atoms with Crippen LogP contribution >= 0.6 is 0 Å². The SMILES string of the molecule is OC[C@H]1CCCN1c1cccc2nc(Nc3ccc(C(F)(F)F)cc3)nn12. The highest BCUT2D eigenvalue weighted by Gasteiger charge is 2.30. The Labute approximate surface area is 153 Å². The molecule has 1 atom stereocenters. The van der Waals surface area contributed by atoms with Gasteiger partial charge < -0.3 is 15.3 Å². The van der Waals surface area contributed by atoms with E-state index in [-0.39, 0.29) is 12.6 Å². The van der Waals surface area contributed by atoms with Crippen LogP contribution in [0.5, 0.6) is 0 Å². The first kappa shape index (κ1) is 17.6. The van der Waals surface area contributed by atoms with E-state index in [4.69, 9.17) is 0 Å². The molecule has 0 amide bonds. The van der Waals surface area contributed by atoms with Gasteiger partial charge in [-0.3, -0.25) is 0 Å². The van der Waals surface area contributed by atoms with Crippen molar-refractivity contribution in [2.24, 2.45) is 0 Å². The number of aromatic nitrogens is 3.